The van der Waals surface area contributed by atoms with Crippen LogP contribution in [0.2, 0.25) is 5.02 Å². The molecule has 0 bridgehead atoms. The number of nitrogens with zero attached hydrogens (tertiary/aromatic N) is 3. The van der Waals surface area contributed by atoms with Gasteiger partial charge in [0.1, 0.15) is 11.0 Å². The number of hydrogen-bond acceptors (Lipinski definition) is 6. The lowest BCUT2D eigenvalue weighted by atomic mass is 9.98. The number of hydrogen-bond donors (Lipinski definition) is 1. The van der Waals surface area contributed by atoms with Crippen LogP contribution in [-0.2, 0) is 9.59 Å². The van der Waals surface area contributed by atoms with Gasteiger partial charge in [-0.2, -0.15) is 10.1 Å². The lowest BCUT2D eigenvalue weighted by molar-refractivity contribution is -0.121. The number of benzene rings is 3. The summed E-state index contributed by atoms with van der Waals surface area (Å²) < 4.78 is 5.62. The summed E-state index contributed by atoms with van der Waals surface area (Å²) in [6.45, 7) is 0. The quantitative estimate of drug-likeness (QED) is 0.464. The lowest BCUT2D eigenvalue weighted by Gasteiger charge is -2.24. The van der Waals surface area contributed by atoms with E-state index in [1.807, 2.05) is 54.6 Å². The van der Waals surface area contributed by atoms with Crippen LogP contribution in [0, 0.1) is 0 Å². The van der Waals surface area contributed by atoms with Crippen LogP contribution in [0.25, 0.3) is 0 Å². The van der Waals surface area contributed by atoms with Crippen molar-refractivity contribution in [3.05, 3.63) is 95.0 Å². The Morgan fingerprint density at radius 2 is 1.81 bits per heavy atom. The Balaban J connectivity index is 1.38. The molecule has 182 valence electrons. The molecule has 5 rings (SSSR count). The predicted molar refractivity (Wildman–Crippen MR) is 144 cm³/mol. The highest BCUT2D eigenvalue weighted by molar-refractivity contribution is 8.15. The van der Waals surface area contributed by atoms with E-state index >= 15 is 0 Å². The molecule has 9 heteroatoms. The first-order valence-corrected chi connectivity index (χ1v) is 12.7. The highest BCUT2D eigenvalue weighted by Crippen LogP contribution is 2.41. The van der Waals surface area contributed by atoms with Gasteiger partial charge in [-0.25, -0.2) is 5.01 Å². The molecule has 2 heterocycles. The third kappa shape index (κ3) is 5.01. The second-order valence-corrected chi connectivity index (χ2v) is 9.87. The molecule has 0 saturated heterocycles. The van der Waals surface area contributed by atoms with Crippen molar-refractivity contribution in [3.8, 4) is 5.75 Å². The Morgan fingerprint density at radius 3 is 2.58 bits per heavy atom. The van der Waals surface area contributed by atoms with Crippen LogP contribution in [0.15, 0.2) is 89.0 Å². The van der Waals surface area contributed by atoms with E-state index in [1.165, 1.54) is 11.8 Å². The van der Waals surface area contributed by atoms with E-state index in [4.69, 9.17) is 21.4 Å². The minimum absolute atomic E-state index is 0.0237. The number of hydrazone groups is 1. The van der Waals surface area contributed by atoms with E-state index < -0.39 is 5.25 Å². The van der Waals surface area contributed by atoms with Gasteiger partial charge < -0.3 is 10.1 Å². The van der Waals surface area contributed by atoms with E-state index in [2.05, 4.69) is 10.3 Å². The lowest BCUT2D eigenvalue weighted by Crippen LogP contribution is -2.25. The molecule has 2 atom stereocenters. The first kappa shape index (κ1) is 24.1. The van der Waals surface area contributed by atoms with Crippen molar-refractivity contribution in [2.24, 2.45) is 10.1 Å². The van der Waals surface area contributed by atoms with Gasteiger partial charge in [0, 0.05) is 18.4 Å². The maximum atomic E-state index is 12.8. The Morgan fingerprint density at radius 1 is 1.08 bits per heavy atom. The van der Waals surface area contributed by atoms with Gasteiger partial charge in [0.2, 0.25) is 5.91 Å². The Bertz CT molecular complexity index is 1360. The second kappa shape index (κ2) is 10.6. The Kier molecular flexibility index (Phi) is 7.06. The average molecular weight is 519 g/mol. The molecule has 0 saturated carbocycles. The number of para-hydroxylation sites is 2. The number of methoxy groups -OCH3 is 1. The molecule has 3 aromatic rings. The Hall–Kier alpha value is -3.62. The monoisotopic (exact) mass is 518 g/mol. The summed E-state index contributed by atoms with van der Waals surface area (Å²) in [4.78, 5) is 29.8. The third-order valence-corrected chi connectivity index (χ3v) is 7.43. The van der Waals surface area contributed by atoms with Crippen LogP contribution in [0.4, 0.5) is 5.69 Å². The summed E-state index contributed by atoms with van der Waals surface area (Å²) >= 11 is 7.40. The van der Waals surface area contributed by atoms with Gasteiger partial charge in [0.05, 0.1) is 29.6 Å². The van der Waals surface area contributed by atoms with Gasteiger partial charge in [0.15, 0.2) is 5.17 Å². The maximum Gasteiger partial charge on any atom is 0.262 e. The zero-order valence-electron chi connectivity index (χ0n) is 19.4. The molecule has 2 aliphatic heterocycles. The van der Waals surface area contributed by atoms with Gasteiger partial charge in [-0.1, -0.05) is 84.0 Å². The first-order valence-electron chi connectivity index (χ1n) is 11.4. The smallest absolute Gasteiger partial charge is 0.262 e. The largest absolute Gasteiger partial charge is 0.496 e. The fourth-order valence-corrected chi connectivity index (χ4v) is 5.46. The number of amidine groups is 1. The normalized spacial score (nSPS) is 19.2. The molecule has 7 nitrogen and oxygen atoms in total. The molecule has 1 N–H and O–H groups in total. The number of nitrogens with one attached hydrogen (secondary N) is 1. The van der Waals surface area contributed by atoms with E-state index in [9.17, 15) is 9.59 Å². The van der Waals surface area contributed by atoms with Crippen LogP contribution in [0.5, 0.6) is 5.75 Å². The SMILES string of the molecule is COc1ccccc1C1CC(c2ccccc2)=NN1C1=NC(=O)C(CC(=O)Nc2ccccc2Cl)S1. The predicted octanol–water partition coefficient (Wildman–Crippen LogP) is 5.53. The molecular formula is C27H23ClN4O3S. The van der Waals surface area contributed by atoms with Crippen molar-refractivity contribution in [2.75, 3.05) is 12.4 Å². The zero-order chi connectivity index (χ0) is 25.1. The van der Waals surface area contributed by atoms with Crippen LogP contribution >= 0.6 is 23.4 Å². The topological polar surface area (TPSA) is 83.4 Å². The van der Waals surface area contributed by atoms with Crippen molar-refractivity contribution in [3.63, 3.8) is 0 Å². The standard InChI is InChI=1S/C27H23ClN4O3S/c1-35-23-14-8-5-11-18(23)22-15-21(17-9-3-2-4-10-17)31-32(22)27-30-26(34)24(36-27)16-25(33)29-20-13-7-6-12-19(20)28/h2-14,22,24H,15-16H2,1H3,(H,29,33). The molecule has 0 aliphatic carbocycles. The number of halogens is 1. The molecule has 2 aliphatic rings. The molecule has 0 radical (unpaired) electrons. The molecule has 2 amide bonds. The van der Waals surface area contributed by atoms with Crippen molar-refractivity contribution in [1.29, 1.82) is 0 Å². The number of aliphatic imine (C=N–C) groups is 1. The van der Waals surface area contributed by atoms with Crippen molar-refractivity contribution in [2.45, 2.75) is 24.1 Å². The minimum Gasteiger partial charge on any atom is -0.496 e. The van der Waals surface area contributed by atoms with Crippen LogP contribution in [0.1, 0.15) is 30.0 Å². The van der Waals surface area contributed by atoms with Crippen molar-refractivity contribution in [1.82, 2.24) is 5.01 Å². The van der Waals surface area contributed by atoms with Crippen molar-refractivity contribution < 1.29 is 14.3 Å². The molecular weight excluding hydrogens is 496 g/mol. The summed E-state index contributed by atoms with van der Waals surface area (Å²) in [6.07, 6.45) is 0.597. The molecule has 2 unspecified atom stereocenters. The van der Waals surface area contributed by atoms with Crippen LogP contribution in [0.3, 0.4) is 0 Å². The van der Waals surface area contributed by atoms with Gasteiger partial charge in [-0.3, -0.25) is 9.59 Å². The Labute approximate surface area is 218 Å². The van der Waals surface area contributed by atoms with Gasteiger partial charge in [0.25, 0.3) is 5.91 Å². The van der Waals surface area contributed by atoms with E-state index in [1.54, 1.807) is 36.4 Å². The molecule has 36 heavy (non-hydrogen) atoms. The summed E-state index contributed by atoms with van der Waals surface area (Å²) in [6, 6.07) is 24.5. The van der Waals surface area contributed by atoms with Gasteiger partial charge >= 0.3 is 0 Å². The van der Waals surface area contributed by atoms with E-state index in [-0.39, 0.29) is 24.3 Å². The maximum absolute atomic E-state index is 12.8. The fourth-order valence-electron chi connectivity index (χ4n) is 4.21. The number of rotatable bonds is 6. The highest BCUT2D eigenvalue weighted by Gasteiger charge is 2.40. The van der Waals surface area contributed by atoms with Crippen LogP contribution < -0.4 is 10.1 Å². The minimum atomic E-state index is -0.642. The summed E-state index contributed by atoms with van der Waals surface area (Å²) in [5, 5.41) is 9.70. The second-order valence-electron chi connectivity index (χ2n) is 8.29. The van der Waals surface area contributed by atoms with Gasteiger partial charge in [-0.15, -0.1) is 0 Å². The molecule has 0 fully saturated rings. The average Bonchev–Trinajstić information content (AvgIpc) is 3.50. The number of thioether (sulfide) groups is 1. The number of amides is 2. The number of ether oxygens (including phenoxy) is 1. The van der Waals surface area contributed by atoms with Gasteiger partial charge in [-0.05, 0) is 23.8 Å². The third-order valence-electron chi connectivity index (χ3n) is 5.96. The molecule has 0 spiro atoms. The molecule has 3 aromatic carbocycles. The fraction of sp³-hybridized carbons (Fsp3) is 0.185. The van der Waals surface area contributed by atoms with Crippen molar-refractivity contribution >= 4 is 51.7 Å². The van der Waals surface area contributed by atoms with E-state index in [0.29, 0.717) is 22.3 Å². The molecule has 0 aromatic heterocycles. The highest BCUT2D eigenvalue weighted by atomic mass is 35.5. The first-order chi connectivity index (χ1) is 17.5. The summed E-state index contributed by atoms with van der Waals surface area (Å²) in [5.41, 5.74) is 3.35. The number of anilines is 1. The summed E-state index contributed by atoms with van der Waals surface area (Å²) in [7, 11) is 1.64. The number of carbonyl (C=O) groups excluding carboxylic acids is 2. The zero-order valence-corrected chi connectivity index (χ0v) is 21.0. The summed E-state index contributed by atoms with van der Waals surface area (Å²) in [5.74, 6) is 0.0793. The van der Waals surface area contributed by atoms with E-state index in [0.717, 1.165) is 22.6 Å². The van der Waals surface area contributed by atoms with Crippen LogP contribution in [-0.4, -0.2) is 40.1 Å². The number of carbonyl (C=O) groups is 2.